The molecule has 0 saturated heterocycles. The van der Waals surface area contributed by atoms with E-state index in [1.54, 1.807) is 23.1 Å². The van der Waals surface area contributed by atoms with E-state index in [0.717, 1.165) is 48.3 Å². The van der Waals surface area contributed by atoms with E-state index in [1.165, 1.54) is 0 Å². The molecule has 7 nitrogen and oxygen atoms in total. The number of aryl methyl sites for hydroxylation is 1. The van der Waals surface area contributed by atoms with Crippen molar-refractivity contribution in [1.29, 1.82) is 5.26 Å². The lowest BCUT2D eigenvalue weighted by Gasteiger charge is -2.37. The first-order valence-electron chi connectivity index (χ1n) is 11.2. The van der Waals surface area contributed by atoms with Crippen LogP contribution in [-0.2, 0) is 11.8 Å². The van der Waals surface area contributed by atoms with Gasteiger partial charge in [-0.25, -0.2) is 4.98 Å². The van der Waals surface area contributed by atoms with Gasteiger partial charge in [-0.1, -0.05) is 24.6 Å². The van der Waals surface area contributed by atoms with Crippen LogP contribution in [0.1, 0.15) is 44.6 Å². The minimum absolute atomic E-state index is 0.102. The predicted octanol–water partition coefficient (Wildman–Crippen LogP) is 5.17. The summed E-state index contributed by atoms with van der Waals surface area (Å²) < 4.78 is 1.74. The third-order valence-electron chi connectivity index (χ3n) is 6.12. The number of nitrogens with zero attached hydrogens (tertiary/aromatic N) is 5. The molecular weight excluding hydrogens is 436 g/mol. The Hall–Kier alpha value is -3.37. The van der Waals surface area contributed by atoms with Gasteiger partial charge in [-0.3, -0.25) is 9.48 Å². The minimum atomic E-state index is 0.102. The van der Waals surface area contributed by atoms with Crippen molar-refractivity contribution < 1.29 is 4.79 Å². The molecule has 0 atom stereocenters. The highest BCUT2D eigenvalue weighted by atomic mass is 35.5. The topological polar surface area (TPSA) is 86.8 Å². The SMILES string of the molecule is CCC(=O)N(c1ccc(-c2cnn(C)c2)c(Cl)c1)[C@H]1CC[C@H](Nc2ccc(C#N)cn2)CC1. The van der Waals surface area contributed by atoms with Crippen molar-refractivity contribution in [3.05, 3.63) is 59.5 Å². The lowest BCUT2D eigenvalue weighted by molar-refractivity contribution is -0.118. The molecule has 2 aromatic heterocycles. The molecule has 0 aliphatic heterocycles. The van der Waals surface area contributed by atoms with Gasteiger partial charge in [0.25, 0.3) is 0 Å². The number of nitriles is 1. The lowest BCUT2D eigenvalue weighted by Crippen LogP contribution is -2.44. The molecule has 4 rings (SSSR count). The van der Waals surface area contributed by atoms with Crippen molar-refractivity contribution in [2.75, 3.05) is 10.2 Å². The summed E-state index contributed by atoms with van der Waals surface area (Å²) in [4.78, 5) is 19.2. The number of nitrogens with one attached hydrogen (secondary N) is 1. The number of halogens is 1. The number of anilines is 2. The number of pyridine rings is 1. The molecule has 2 heterocycles. The molecule has 1 saturated carbocycles. The van der Waals surface area contributed by atoms with Gasteiger partial charge in [0.1, 0.15) is 11.9 Å². The number of hydrogen-bond donors (Lipinski definition) is 1. The minimum Gasteiger partial charge on any atom is -0.367 e. The smallest absolute Gasteiger partial charge is 0.226 e. The molecular formula is C25H27ClN6O. The van der Waals surface area contributed by atoms with Crippen LogP contribution >= 0.6 is 11.6 Å². The number of benzene rings is 1. The highest BCUT2D eigenvalue weighted by Crippen LogP contribution is 2.35. The third kappa shape index (κ3) is 5.18. The van der Waals surface area contributed by atoms with Gasteiger partial charge < -0.3 is 10.2 Å². The monoisotopic (exact) mass is 462 g/mol. The molecule has 3 aromatic rings. The molecule has 170 valence electrons. The maximum atomic E-state index is 12.9. The van der Waals surface area contributed by atoms with E-state index in [0.29, 0.717) is 17.0 Å². The molecule has 0 bridgehead atoms. The summed E-state index contributed by atoms with van der Waals surface area (Å²) in [6.45, 7) is 1.89. The fourth-order valence-electron chi connectivity index (χ4n) is 4.41. The number of hydrogen-bond acceptors (Lipinski definition) is 5. The molecule has 1 fully saturated rings. The van der Waals surface area contributed by atoms with Crippen LogP contribution in [0.15, 0.2) is 48.9 Å². The van der Waals surface area contributed by atoms with Crippen LogP contribution in [0.4, 0.5) is 11.5 Å². The fourth-order valence-corrected chi connectivity index (χ4v) is 4.69. The lowest BCUT2D eigenvalue weighted by atomic mass is 9.89. The standard InChI is InChI=1S/C25H27ClN6O/c1-3-25(33)32(21-9-10-22(23(26)12-21)18-15-29-31(2)16-18)20-7-5-19(6-8-20)30-24-11-4-17(13-27)14-28-24/h4,9-12,14-16,19-20H,3,5-8H2,1-2H3,(H,28,30)/t19-,20-. The second kappa shape index (κ2) is 10.1. The predicted molar refractivity (Wildman–Crippen MR) is 130 cm³/mol. The summed E-state index contributed by atoms with van der Waals surface area (Å²) in [6.07, 6.45) is 9.37. The highest BCUT2D eigenvalue weighted by Gasteiger charge is 2.30. The molecule has 1 aliphatic carbocycles. The van der Waals surface area contributed by atoms with E-state index in [2.05, 4.69) is 21.5 Å². The van der Waals surface area contributed by atoms with Gasteiger partial charge in [-0.15, -0.1) is 0 Å². The second-order valence-electron chi connectivity index (χ2n) is 8.38. The average molecular weight is 463 g/mol. The van der Waals surface area contributed by atoms with Crippen molar-refractivity contribution >= 4 is 29.0 Å². The maximum Gasteiger partial charge on any atom is 0.226 e. The van der Waals surface area contributed by atoms with Crippen LogP contribution in [-0.4, -0.2) is 32.8 Å². The second-order valence-corrected chi connectivity index (χ2v) is 8.79. The first-order valence-corrected chi connectivity index (χ1v) is 11.6. The molecule has 1 N–H and O–H groups in total. The quantitative estimate of drug-likeness (QED) is 0.545. The van der Waals surface area contributed by atoms with Crippen LogP contribution in [0, 0.1) is 11.3 Å². The Kier molecular flexibility index (Phi) is 6.95. The number of rotatable bonds is 6. The summed E-state index contributed by atoms with van der Waals surface area (Å²) in [5.41, 5.74) is 3.24. The summed E-state index contributed by atoms with van der Waals surface area (Å²) in [7, 11) is 1.87. The fraction of sp³-hybridized carbons (Fsp3) is 0.360. The van der Waals surface area contributed by atoms with Crippen molar-refractivity contribution in [2.45, 2.75) is 51.1 Å². The van der Waals surface area contributed by atoms with Crippen molar-refractivity contribution in [2.24, 2.45) is 7.05 Å². The van der Waals surface area contributed by atoms with E-state index in [9.17, 15) is 4.79 Å². The highest BCUT2D eigenvalue weighted by molar-refractivity contribution is 6.33. The Labute approximate surface area is 199 Å². The first kappa shape index (κ1) is 22.8. The Balaban J connectivity index is 1.46. The third-order valence-corrected chi connectivity index (χ3v) is 6.44. The summed E-state index contributed by atoms with van der Waals surface area (Å²) in [5.74, 6) is 0.877. The van der Waals surface area contributed by atoms with Crippen LogP contribution in [0.5, 0.6) is 0 Å². The van der Waals surface area contributed by atoms with Crippen LogP contribution in [0.25, 0.3) is 11.1 Å². The van der Waals surface area contributed by atoms with Gasteiger partial charge in [0.15, 0.2) is 0 Å². The van der Waals surface area contributed by atoms with Gasteiger partial charge in [0.2, 0.25) is 5.91 Å². The Bertz CT molecular complexity index is 1160. The van der Waals surface area contributed by atoms with Gasteiger partial charge in [0.05, 0.1) is 16.8 Å². The number of aromatic nitrogens is 3. The number of carbonyl (C=O) groups is 1. The zero-order chi connectivity index (χ0) is 23.4. The maximum absolute atomic E-state index is 12.9. The molecule has 8 heteroatoms. The Morgan fingerprint density at radius 2 is 2.03 bits per heavy atom. The van der Waals surface area contributed by atoms with E-state index in [1.807, 2.05) is 49.3 Å². The Morgan fingerprint density at radius 1 is 1.24 bits per heavy atom. The van der Waals surface area contributed by atoms with E-state index in [4.69, 9.17) is 16.9 Å². The van der Waals surface area contributed by atoms with Gasteiger partial charge in [-0.05, 0) is 49.9 Å². The zero-order valence-electron chi connectivity index (χ0n) is 18.8. The van der Waals surface area contributed by atoms with Crippen molar-refractivity contribution in [3.8, 4) is 17.2 Å². The molecule has 33 heavy (non-hydrogen) atoms. The van der Waals surface area contributed by atoms with Crippen molar-refractivity contribution in [3.63, 3.8) is 0 Å². The average Bonchev–Trinajstić information content (AvgIpc) is 3.26. The largest absolute Gasteiger partial charge is 0.367 e. The number of carbonyl (C=O) groups excluding carboxylic acids is 1. The molecule has 0 unspecified atom stereocenters. The van der Waals surface area contributed by atoms with E-state index >= 15 is 0 Å². The van der Waals surface area contributed by atoms with E-state index in [-0.39, 0.29) is 18.0 Å². The Morgan fingerprint density at radius 3 is 2.61 bits per heavy atom. The van der Waals surface area contributed by atoms with Gasteiger partial charge in [-0.2, -0.15) is 10.4 Å². The molecule has 1 amide bonds. The molecule has 0 spiro atoms. The molecule has 1 aromatic carbocycles. The summed E-state index contributed by atoms with van der Waals surface area (Å²) in [6, 6.07) is 11.9. The van der Waals surface area contributed by atoms with Crippen LogP contribution in [0.2, 0.25) is 5.02 Å². The first-order chi connectivity index (χ1) is 16.0. The van der Waals surface area contributed by atoms with Crippen LogP contribution < -0.4 is 10.2 Å². The number of amides is 1. The molecule has 1 aliphatic rings. The summed E-state index contributed by atoms with van der Waals surface area (Å²) >= 11 is 6.63. The van der Waals surface area contributed by atoms with Gasteiger partial charge >= 0.3 is 0 Å². The zero-order valence-corrected chi connectivity index (χ0v) is 19.6. The van der Waals surface area contributed by atoms with Gasteiger partial charge in [0, 0.05) is 54.8 Å². The summed E-state index contributed by atoms with van der Waals surface area (Å²) in [5, 5.41) is 17.2. The van der Waals surface area contributed by atoms with E-state index < -0.39 is 0 Å². The van der Waals surface area contributed by atoms with Crippen molar-refractivity contribution in [1.82, 2.24) is 14.8 Å². The van der Waals surface area contributed by atoms with Crippen LogP contribution in [0.3, 0.4) is 0 Å². The normalized spacial score (nSPS) is 17.9. The molecule has 0 radical (unpaired) electrons.